The molecule has 7 heteroatoms. The summed E-state index contributed by atoms with van der Waals surface area (Å²) in [6.07, 6.45) is 5.22. The number of hydrogen-bond donors (Lipinski definition) is 1. The first-order valence-electron chi connectivity index (χ1n) is 7.27. The van der Waals surface area contributed by atoms with Crippen LogP contribution in [0, 0.1) is 5.92 Å². The van der Waals surface area contributed by atoms with Gasteiger partial charge in [0.2, 0.25) is 0 Å². The molecule has 0 spiro atoms. The van der Waals surface area contributed by atoms with Gasteiger partial charge in [-0.2, -0.15) is 0 Å². The SMILES string of the molecule is CCC(CC(=O)O)Cn1nnnc1CCC1CCCO1. The molecule has 20 heavy (non-hydrogen) atoms. The fraction of sp³-hybridized carbons (Fsp3) is 0.846. The second-order valence-corrected chi connectivity index (χ2v) is 5.32. The van der Waals surface area contributed by atoms with Crippen LogP contribution in [0.5, 0.6) is 0 Å². The summed E-state index contributed by atoms with van der Waals surface area (Å²) in [5.74, 6) is 0.118. The molecule has 0 saturated carbocycles. The van der Waals surface area contributed by atoms with Gasteiger partial charge in [-0.15, -0.1) is 5.10 Å². The van der Waals surface area contributed by atoms with E-state index in [2.05, 4.69) is 15.5 Å². The Morgan fingerprint density at radius 2 is 2.45 bits per heavy atom. The van der Waals surface area contributed by atoms with Crippen molar-refractivity contribution < 1.29 is 14.6 Å². The van der Waals surface area contributed by atoms with E-state index in [0.29, 0.717) is 12.6 Å². The van der Waals surface area contributed by atoms with Crippen molar-refractivity contribution in [2.75, 3.05) is 6.61 Å². The highest BCUT2D eigenvalue weighted by molar-refractivity contribution is 5.66. The van der Waals surface area contributed by atoms with Crippen molar-refractivity contribution in [1.29, 1.82) is 0 Å². The Morgan fingerprint density at radius 1 is 1.60 bits per heavy atom. The third-order valence-corrected chi connectivity index (χ3v) is 3.79. The van der Waals surface area contributed by atoms with Crippen LogP contribution >= 0.6 is 0 Å². The molecule has 1 saturated heterocycles. The Kier molecular flexibility index (Phi) is 5.46. The van der Waals surface area contributed by atoms with Gasteiger partial charge >= 0.3 is 5.97 Å². The molecule has 2 heterocycles. The van der Waals surface area contributed by atoms with Gasteiger partial charge in [0, 0.05) is 26.0 Å². The standard InChI is InChI=1S/C13H22N4O3/c1-2-10(8-13(18)19)9-17-12(14-15-16-17)6-5-11-4-3-7-20-11/h10-11H,2-9H2,1H3,(H,18,19). The van der Waals surface area contributed by atoms with E-state index in [-0.39, 0.29) is 12.3 Å². The first kappa shape index (κ1) is 14.9. The molecule has 0 bridgehead atoms. The van der Waals surface area contributed by atoms with Gasteiger partial charge in [0.1, 0.15) is 0 Å². The predicted molar refractivity (Wildman–Crippen MR) is 71.1 cm³/mol. The van der Waals surface area contributed by atoms with Crippen LogP contribution in [0.3, 0.4) is 0 Å². The summed E-state index contributed by atoms with van der Waals surface area (Å²) in [6.45, 7) is 3.41. The number of nitrogens with zero attached hydrogens (tertiary/aromatic N) is 4. The van der Waals surface area contributed by atoms with Crippen LogP contribution in [-0.4, -0.2) is 44.0 Å². The van der Waals surface area contributed by atoms with Crippen molar-refractivity contribution in [3.8, 4) is 0 Å². The summed E-state index contributed by atoms with van der Waals surface area (Å²) in [6, 6.07) is 0. The average Bonchev–Trinajstić information content (AvgIpc) is 3.06. The lowest BCUT2D eigenvalue weighted by atomic mass is 10.0. The molecule has 1 aliphatic heterocycles. The maximum absolute atomic E-state index is 10.8. The molecule has 2 rings (SSSR count). The summed E-state index contributed by atoms with van der Waals surface area (Å²) in [5, 5.41) is 20.6. The molecule has 1 aromatic rings. The average molecular weight is 282 g/mol. The molecular weight excluding hydrogens is 260 g/mol. The van der Waals surface area contributed by atoms with Gasteiger partial charge in [0.05, 0.1) is 6.10 Å². The van der Waals surface area contributed by atoms with E-state index in [0.717, 1.165) is 44.5 Å². The molecule has 112 valence electrons. The van der Waals surface area contributed by atoms with E-state index in [1.807, 2.05) is 6.92 Å². The van der Waals surface area contributed by atoms with Crippen LogP contribution in [0.4, 0.5) is 0 Å². The highest BCUT2D eigenvalue weighted by Gasteiger charge is 2.19. The normalized spacial score (nSPS) is 20.1. The zero-order chi connectivity index (χ0) is 14.4. The number of aromatic nitrogens is 4. The summed E-state index contributed by atoms with van der Waals surface area (Å²) in [4.78, 5) is 10.8. The lowest BCUT2D eigenvalue weighted by molar-refractivity contribution is -0.138. The minimum Gasteiger partial charge on any atom is -0.481 e. The number of rotatable bonds is 8. The molecule has 1 N–H and O–H groups in total. The van der Waals surface area contributed by atoms with Crippen LogP contribution in [0.15, 0.2) is 0 Å². The number of hydrogen-bond acceptors (Lipinski definition) is 5. The Hall–Kier alpha value is -1.50. The lowest BCUT2D eigenvalue weighted by Gasteiger charge is -2.13. The second kappa shape index (κ2) is 7.33. The molecule has 0 aromatic carbocycles. The number of carboxylic acids is 1. The second-order valence-electron chi connectivity index (χ2n) is 5.32. The summed E-state index contributed by atoms with van der Waals surface area (Å²) in [7, 11) is 0. The maximum Gasteiger partial charge on any atom is 0.303 e. The van der Waals surface area contributed by atoms with E-state index in [4.69, 9.17) is 9.84 Å². The van der Waals surface area contributed by atoms with Crippen molar-refractivity contribution in [3.63, 3.8) is 0 Å². The smallest absolute Gasteiger partial charge is 0.303 e. The van der Waals surface area contributed by atoms with Gasteiger partial charge in [-0.1, -0.05) is 13.3 Å². The number of carbonyl (C=O) groups is 1. The van der Waals surface area contributed by atoms with Gasteiger partial charge in [-0.05, 0) is 35.6 Å². The van der Waals surface area contributed by atoms with Crippen molar-refractivity contribution in [1.82, 2.24) is 20.2 Å². The van der Waals surface area contributed by atoms with Crippen molar-refractivity contribution in [2.45, 2.75) is 58.1 Å². The number of tetrazole rings is 1. The Balaban J connectivity index is 1.88. The Labute approximate surface area is 118 Å². The Morgan fingerprint density at radius 3 is 3.10 bits per heavy atom. The van der Waals surface area contributed by atoms with E-state index in [9.17, 15) is 4.79 Å². The van der Waals surface area contributed by atoms with Crippen molar-refractivity contribution in [3.05, 3.63) is 5.82 Å². The highest BCUT2D eigenvalue weighted by atomic mass is 16.5. The van der Waals surface area contributed by atoms with Crippen LogP contribution in [0.25, 0.3) is 0 Å². The summed E-state index contributed by atoms with van der Waals surface area (Å²) >= 11 is 0. The zero-order valence-electron chi connectivity index (χ0n) is 11.9. The van der Waals surface area contributed by atoms with Crippen molar-refractivity contribution in [2.24, 2.45) is 5.92 Å². The van der Waals surface area contributed by atoms with Crippen LogP contribution in [0.1, 0.15) is 44.9 Å². The highest BCUT2D eigenvalue weighted by Crippen LogP contribution is 2.18. The van der Waals surface area contributed by atoms with Crippen molar-refractivity contribution >= 4 is 5.97 Å². The molecule has 1 aromatic heterocycles. The summed E-state index contributed by atoms with van der Waals surface area (Å²) in [5.41, 5.74) is 0. The molecule has 1 aliphatic rings. The third-order valence-electron chi connectivity index (χ3n) is 3.79. The minimum absolute atomic E-state index is 0.0671. The third kappa shape index (κ3) is 4.26. The first-order chi connectivity index (χ1) is 9.69. The molecule has 0 amide bonds. The van der Waals surface area contributed by atoms with E-state index in [1.165, 1.54) is 0 Å². The van der Waals surface area contributed by atoms with E-state index in [1.54, 1.807) is 4.68 Å². The summed E-state index contributed by atoms with van der Waals surface area (Å²) < 4.78 is 7.33. The molecule has 7 nitrogen and oxygen atoms in total. The molecule has 2 atom stereocenters. The number of aryl methyl sites for hydroxylation is 1. The fourth-order valence-electron chi connectivity index (χ4n) is 2.54. The number of carboxylic acid groups (broad SMARTS) is 1. The van der Waals surface area contributed by atoms with Gasteiger partial charge in [-0.25, -0.2) is 4.68 Å². The molecule has 1 fully saturated rings. The van der Waals surface area contributed by atoms with Crippen LogP contribution in [-0.2, 0) is 22.5 Å². The van der Waals surface area contributed by atoms with Crippen LogP contribution < -0.4 is 0 Å². The topological polar surface area (TPSA) is 90.1 Å². The van der Waals surface area contributed by atoms with E-state index >= 15 is 0 Å². The quantitative estimate of drug-likeness (QED) is 0.772. The molecule has 2 unspecified atom stereocenters. The van der Waals surface area contributed by atoms with Gasteiger partial charge in [0.15, 0.2) is 5.82 Å². The Bertz CT molecular complexity index is 429. The van der Waals surface area contributed by atoms with E-state index < -0.39 is 5.97 Å². The van der Waals surface area contributed by atoms with Gasteiger partial charge in [0.25, 0.3) is 0 Å². The first-order valence-corrected chi connectivity index (χ1v) is 7.27. The molecule has 0 aliphatic carbocycles. The maximum atomic E-state index is 10.8. The number of ether oxygens (including phenoxy) is 1. The van der Waals surface area contributed by atoms with Crippen LogP contribution in [0.2, 0.25) is 0 Å². The predicted octanol–water partition coefficient (Wildman–Crippen LogP) is 1.29. The molecular formula is C13H22N4O3. The monoisotopic (exact) mass is 282 g/mol. The fourth-order valence-corrected chi connectivity index (χ4v) is 2.54. The van der Waals surface area contributed by atoms with Gasteiger partial charge < -0.3 is 9.84 Å². The number of aliphatic carboxylic acids is 1. The minimum atomic E-state index is -0.772. The zero-order valence-corrected chi connectivity index (χ0v) is 11.9. The van der Waals surface area contributed by atoms with Gasteiger partial charge in [-0.3, -0.25) is 4.79 Å². The molecule has 0 radical (unpaired) electrons. The lowest BCUT2D eigenvalue weighted by Crippen LogP contribution is -2.18. The largest absolute Gasteiger partial charge is 0.481 e.